The molecular formula is C16H16N2O. The Bertz CT molecular complexity index is 607. The van der Waals surface area contributed by atoms with E-state index >= 15 is 0 Å². The second kappa shape index (κ2) is 4.76. The molecule has 96 valence electrons. The fraction of sp³-hybridized carbons (Fsp3) is 0.188. The first-order valence-corrected chi connectivity index (χ1v) is 6.44. The highest BCUT2D eigenvalue weighted by Crippen LogP contribution is 2.29. The van der Waals surface area contributed by atoms with Crippen LogP contribution in [0.15, 0.2) is 48.5 Å². The first kappa shape index (κ1) is 11.8. The molecule has 0 saturated carbocycles. The van der Waals surface area contributed by atoms with Gasteiger partial charge in [-0.15, -0.1) is 0 Å². The van der Waals surface area contributed by atoms with Gasteiger partial charge in [-0.2, -0.15) is 0 Å². The molecule has 19 heavy (non-hydrogen) atoms. The van der Waals surface area contributed by atoms with Crippen LogP contribution in [0.1, 0.15) is 17.0 Å². The third kappa shape index (κ3) is 2.32. The minimum atomic E-state index is -0.158. The molecule has 0 bridgehead atoms. The number of rotatable bonds is 1. The molecule has 0 aliphatic carbocycles. The van der Waals surface area contributed by atoms with Gasteiger partial charge in [-0.1, -0.05) is 36.4 Å². The fourth-order valence-corrected chi connectivity index (χ4v) is 2.39. The lowest BCUT2D eigenvalue weighted by atomic mass is 9.98. The van der Waals surface area contributed by atoms with Crippen LogP contribution in [0.3, 0.4) is 0 Å². The van der Waals surface area contributed by atoms with Crippen molar-refractivity contribution in [3.05, 3.63) is 59.7 Å². The maximum absolute atomic E-state index is 12.3. The average molecular weight is 252 g/mol. The van der Waals surface area contributed by atoms with Crippen molar-refractivity contribution in [2.24, 2.45) is 0 Å². The summed E-state index contributed by atoms with van der Waals surface area (Å²) in [6.07, 6.45) is 0. The van der Waals surface area contributed by atoms with Gasteiger partial charge in [-0.05, 0) is 30.2 Å². The number of carbonyl (C=O) groups is 1. The van der Waals surface area contributed by atoms with E-state index < -0.39 is 0 Å². The Labute approximate surface area is 112 Å². The third-order valence-electron chi connectivity index (χ3n) is 3.45. The number of anilines is 2. The first-order valence-electron chi connectivity index (χ1n) is 6.44. The number of hydrogen-bond donors (Lipinski definition) is 2. The van der Waals surface area contributed by atoms with Crippen molar-refractivity contribution in [3.8, 4) is 0 Å². The van der Waals surface area contributed by atoms with Crippen LogP contribution in [-0.2, 0) is 4.79 Å². The number of nitrogens with one attached hydrogen (secondary N) is 2. The molecule has 0 spiro atoms. The van der Waals surface area contributed by atoms with Crippen LogP contribution >= 0.6 is 0 Å². The van der Waals surface area contributed by atoms with Crippen molar-refractivity contribution in [1.29, 1.82) is 0 Å². The van der Waals surface area contributed by atoms with Gasteiger partial charge in [0.25, 0.3) is 0 Å². The SMILES string of the molecule is Cc1ccc2c(c1)NC(=O)C(c1ccccc1)CN2. The second-order valence-corrected chi connectivity index (χ2v) is 4.88. The van der Waals surface area contributed by atoms with Crippen molar-refractivity contribution >= 4 is 17.3 Å². The standard InChI is InChI=1S/C16H16N2O/c1-11-7-8-14-15(9-11)18-16(19)13(10-17-14)12-5-3-2-4-6-12/h2-9,13,17H,10H2,1H3,(H,18,19). The molecule has 2 N–H and O–H groups in total. The average Bonchev–Trinajstić information content (AvgIpc) is 2.57. The molecule has 0 aromatic heterocycles. The van der Waals surface area contributed by atoms with Gasteiger partial charge in [-0.3, -0.25) is 4.79 Å². The predicted molar refractivity (Wildman–Crippen MR) is 77.5 cm³/mol. The normalized spacial score (nSPS) is 17.9. The monoisotopic (exact) mass is 252 g/mol. The zero-order chi connectivity index (χ0) is 13.2. The molecule has 1 amide bonds. The lowest BCUT2D eigenvalue weighted by Gasteiger charge is -2.13. The number of hydrogen-bond acceptors (Lipinski definition) is 2. The highest BCUT2D eigenvalue weighted by molar-refractivity contribution is 6.00. The molecule has 2 aromatic carbocycles. The molecule has 1 heterocycles. The Balaban J connectivity index is 1.93. The molecular weight excluding hydrogens is 236 g/mol. The van der Waals surface area contributed by atoms with Crippen LogP contribution in [-0.4, -0.2) is 12.5 Å². The summed E-state index contributed by atoms with van der Waals surface area (Å²) in [4.78, 5) is 12.3. The molecule has 1 aliphatic rings. The zero-order valence-corrected chi connectivity index (χ0v) is 10.8. The van der Waals surface area contributed by atoms with Crippen molar-refractivity contribution < 1.29 is 4.79 Å². The maximum Gasteiger partial charge on any atom is 0.233 e. The van der Waals surface area contributed by atoms with E-state index in [0.717, 1.165) is 22.5 Å². The highest BCUT2D eigenvalue weighted by atomic mass is 16.1. The van der Waals surface area contributed by atoms with Gasteiger partial charge in [-0.25, -0.2) is 0 Å². The smallest absolute Gasteiger partial charge is 0.233 e. The maximum atomic E-state index is 12.3. The number of aryl methyl sites for hydroxylation is 1. The first-order chi connectivity index (χ1) is 9.24. The Morgan fingerprint density at radius 3 is 2.63 bits per heavy atom. The van der Waals surface area contributed by atoms with Gasteiger partial charge in [0.05, 0.1) is 17.3 Å². The van der Waals surface area contributed by atoms with Crippen LogP contribution in [0.2, 0.25) is 0 Å². The third-order valence-corrected chi connectivity index (χ3v) is 3.45. The van der Waals surface area contributed by atoms with E-state index in [0.29, 0.717) is 6.54 Å². The van der Waals surface area contributed by atoms with E-state index in [4.69, 9.17) is 0 Å². The molecule has 3 heteroatoms. The van der Waals surface area contributed by atoms with Gasteiger partial charge in [0, 0.05) is 6.54 Å². The van der Waals surface area contributed by atoms with E-state index in [1.165, 1.54) is 0 Å². The van der Waals surface area contributed by atoms with Crippen LogP contribution in [0.25, 0.3) is 0 Å². The molecule has 0 saturated heterocycles. The summed E-state index contributed by atoms with van der Waals surface area (Å²) >= 11 is 0. The molecule has 2 aromatic rings. The lowest BCUT2D eigenvalue weighted by molar-refractivity contribution is -0.117. The lowest BCUT2D eigenvalue weighted by Crippen LogP contribution is -2.23. The second-order valence-electron chi connectivity index (χ2n) is 4.88. The highest BCUT2D eigenvalue weighted by Gasteiger charge is 2.24. The van der Waals surface area contributed by atoms with Crippen molar-refractivity contribution in [1.82, 2.24) is 0 Å². The van der Waals surface area contributed by atoms with E-state index in [1.54, 1.807) is 0 Å². The molecule has 0 radical (unpaired) electrons. The molecule has 3 rings (SSSR count). The van der Waals surface area contributed by atoms with Gasteiger partial charge in [0.15, 0.2) is 0 Å². The molecule has 0 fully saturated rings. The fourth-order valence-electron chi connectivity index (χ4n) is 2.39. The van der Waals surface area contributed by atoms with Crippen LogP contribution in [0.4, 0.5) is 11.4 Å². The summed E-state index contributed by atoms with van der Waals surface area (Å²) in [6, 6.07) is 15.9. The number of amides is 1. The van der Waals surface area contributed by atoms with Crippen molar-refractivity contribution in [2.75, 3.05) is 17.2 Å². The largest absolute Gasteiger partial charge is 0.382 e. The Kier molecular flexibility index (Phi) is 2.95. The zero-order valence-electron chi connectivity index (χ0n) is 10.8. The van der Waals surface area contributed by atoms with Gasteiger partial charge in [0.2, 0.25) is 5.91 Å². The number of benzene rings is 2. The summed E-state index contributed by atoms with van der Waals surface area (Å²) in [7, 11) is 0. The molecule has 1 aliphatic heterocycles. The van der Waals surface area contributed by atoms with Crippen molar-refractivity contribution in [3.63, 3.8) is 0 Å². The Morgan fingerprint density at radius 2 is 1.84 bits per heavy atom. The summed E-state index contributed by atoms with van der Waals surface area (Å²) in [5, 5.41) is 6.36. The predicted octanol–water partition coefficient (Wildman–Crippen LogP) is 3.14. The van der Waals surface area contributed by atoms with E-state index in [9.17, 15) is 4.79 Å². The topological polar surface area (TPSA) is 41.1 Å². The van der Waals surface area contributed by atoms with E-state index in [2.05, 4.69) is 10.6 Å². The summed E-state index contributed by atoms with van der Waals surface area (Å²) in [6.45, 7) is 2.64. The Hall–Kier alpha value is -2.29. The molecule has 3 nitrogen and oxygen atoms in total. The summed E-state index contributed by atoms with van der Waals surface area (Å²) in [5.41, 5.74) is 4.02. The van der Waals surface area contributed by atoms with E-state index in [1.807, 2.05) is 55.5 Å². The number of carbonyl (C=O) groups excluding carboxylic acids is 1. The molecule has 1 atom stereocenters. The number of fused-ring (bicyclic) bond motifs is 1. The summed E-state index contributed by atoms with van der Waals surface area (Å²) < 4.78 is 0. The van der Waals surface area contributed by atoms with Crippen molar-refractivity contribution in [2.45, 2.75) is 12.8 Å². The minimum Gasteiger partial charge on any atom is -0.382 e. The Morgan fingerprint density at radius 1 is 1.05 bits per heavy atom. The van der Waals surface area contributed by atoms with Gasteiger partial charge in [0.1, 0.15) is 0 Å². The molecule has 1 unspecified atom stereocenters. The van der Waals surface area contributed by atoms with Crippen LogP contribution in [0, 0.1) is 6.92 Å². The van der Waals surface area contributed by atoms with E-state index in [-0.39, 0.29) is 11.8 Å². The van der Waals surface area contributed by atoms with Gasteiger partial charge >= 0.3 is 0 Å². The van der Waals surface area contributed by atoms with Crippen LogP contribution < -0.4 is 10.6 Å². The quantitative estimate of drug-likeness (QED) is 0.818. The minimum absolute atomic E-state index is 0.0445. The summed E-state index contributed by atoms with van der Waals surface area (Å²) in [5.74, 6) is -0.114. The van der Waals surface area contributed by atoms with Gasteiger partial charge < -0.3 is 10.6 Å². The van der Waals surface area contributed by atoms with Crippen LogP contribution in [0.5, 0.6) is 0 Å².